The number of nitrogens with two attached hydrogens (primary N) is 1. The van der Waals surface area contributed by atoms with Crippen LogP contribution in [-0.2, 0) is 0 Å². The van der Waals surface area contributed by atoms with Gasteiger partial charge in [-0.15, -0.1) is 0 Å². The Hall–Kier alpha value is -0.890. The molecule has 0 bridgehead atoms. The summed E-state index contributed by atoms with van der Waals surface area (Å²) in [5.41, 5.74) is 6.40. The van der Waals surface area contributed by atoms with Crippen molar-refractivity contribution < 1.29 is 0 Å². The molecule has 0 aromatic rings. The zero-order valence-corrected chi connectivity index (χ0v) is 8.45. The maximum Gasteiger partial charge on any atom is 0.0449 e. The van der Waals surface area contributed by atoms with Gasteiger partial charge in [0.25, 0.3) is 0 Å². The lowest BCUT2D eigenvalue weighted by molar-refractivity contribution is 1.41. The number of hydrogen-bond donors (Lipinski definition) is 1. The Morgan fingerprint density at radius 2 is 2.00 bits per heavy atom. The van der Waals surface area contributed by atoms with Crippen LogP contribution in [0.5, 0.6) is 0 Å². The second kappa shape index (κ2) is 5.72. The normalized spacial score (nSPS) is 12.0. The fourth-order valence-corrected chi connectivity index (χ4v) is 1.17. The van der Waals surface area contributed by atoms with Crippen LogP contribution in [0, 0.1) is 0 Å². The van der Waals surface area contributed by atoms with E-state index < -0.39 is 0 Å². The summed E-state index contributed by atoms with van der Waals surface area (Å²) in [5, 5.41) is 0. The van der Waals surface area contributed by atoms with Gasteiger partial charge in [-0.25, -0.2) is 0 Å². The van der Waals surface area contributed by atoms with Crippen molar-refractivity contribution in [3.05, 3.63) is 46.9 Å². The molecule has 66 valence electrons. The van der Waals surface area contributed by atoms with Gasteiger partial charge in [0.05, 0.1) is 0 Å². The highest BCUT2D eigenvalue weighted by Crippen LogP contribution is 2.25. The van der Waals surface area contributed by atoms with Gasteiger partial charge in [-0.05, 0) is 24.8 Å². The molecule has 0 atom stereocenters. The summed E-state index contributed by atoms with van der Waals surface area (Å²) in [5.74, 6) is 0. The predicted octanol–water partition coefficient (Wildman–Crippen LogP) is 3.19. The third-order valence-corrected chi connectivity index (χ3v) is 1.92. The molecule has 0 unspecified atom stereocenters. The molecule has 0 rings (SSSR count). The summed E-state index contributed by atoms with van der Waals surface area (Å²) < 4.78 is 0. The average Bonchev–Trinajstić information content (AvgIpc) is 1.98. The zero-order chi connectivity index (χ0) is 9.56. The molecule has 0 spiro atoms. The van der Waals surface area contributed by atoms with Crippen molar-refractivity contribution in [1.82, 2.24) is 0 Å². The van der Waals surface area contributed by atoms with Crippen LogP contribution < -0.4 is 5.73 Å². The van der Waals surface area contributed by atoms with Crippen molar-refractivity contribution in [3.63, 3.8) is 0 Å². The zero-order valence-electron chi connectivity index (χ0n) is 7.63. The molecule has 1 nitrogen and oxygen atoms in total. The largest absolute Gasteiger partial charge is 0.398 e. The van der Waals surface area contributed by atoms with E-state index in [0.717, 1.165) is 9.81 Å². The van der Waals surface area contributed by atoms with Crippen LogP contribution >= 0.6 is 11.8 Å². The predicted molar refractivity (Wildman–Crippen MR) is 58.6 cm³/mol. The first-order valence-electron chi connectivity index (χ1n) is 3.69. The van der Waals surface area contributed by atoms with E-state index >= 15 is 0 Å². The van der Waals surface area contributed by atoms with Gasteiger partial charge in [-0.1, -0.05) is 37.1 Å². The molecule has 0 amide bonds. The molecular formula is C10H15NS. The lowest BCUT2D eigenvalue weighted by Gasteiger charge is -2.03. The molecule has 0 aliphatic carbocycles. The molecule has 2 N–H and O–H groups in total. The Labute approximate surface area is 78.7 Å². The van der Waals surface area contributed by atoms with Crippen LogP contribution in [0.2, 0.25) is 0 Å². The van der Waals surface area contributed by atoms with Crippen LogP contribution in [0.25, 0.3) is 0 Å². The van der Waals surface area contributed by atoms with Crippen molar-refractivity contribution in [1.29, 1.82) is 0 Å². The third kappa shape index (κ3) is 4.85. The fraction of sp³-hybridized carbons (Fsp3) is 0.200. The molecule has 0 aromatic carbocycles. The second-order valence-corrected chi connectivity index (χ2v) is 3.77. The molecule has 0 saturated carbocycles. The number of rotatable bonds is 4. The Bertz CT molecular complexity index is 236. The van der Waals surface area contributed by atoms with Crippen LogP contribution in [-0.4, -0.2) is 0 Å². The monoisotopic (exact) mass is 181 g/mol. The van der Waals surface area contributed by atoms with Gasteiger partial charge >= 0.3 is 0 Å². The topological polar surface area (TPSA) is 26.0 Å². The van der Waals surface area contributed by atoms with E-state index in [4.69, 9.17) is 5.73 Å². The molecule has 0 radical (unpaired) electrons. The molecule has 2 heteroatoms. The van der Waals surface area contributed by atoms with E-state index in [1.807, 2.05) is 32.1 Å². The maximum absolute atomic E-state index is 5.70. The minimum absolute atomic E-state index is 0.695. The van der Waals surface area contributed by atoms with Crippen molar-refractivity contribution in [2.45, 2.75) is 13.8 Å². The third-order valence-electron chi connectivity index (χ3n) is 1.09. The van der Waals surface area contributed by atoms with E-state index in [2.05, 4.69) is 13.2 Å². The summed E-state index contributed by atoms with van der Waals surface area (Å²) in [6, 6.07) is 0. The number of hydrogen-bond acceptors (Lipinski definition) is 2. The van der Waals surface area contributed by atoms with E-state index in [9.17, 15) is 0 Å². The van der Waals surface area contributed by atoms with Crippen molar-refractivity contribution in [2.24, 2.45) is 5.73 Å². The minimum Gasteiger partial charge on any atom is -0.398 e. The van der Waals surface area contributed by atoms with Gasteiger partial charge in [0, 0.05) is 10.6 Å². The minimum atomic E-state index is 0.695. The van der Waals surface area contributed by atoms with Gasteiger partial charge in [-0.3, -0.25) is 0 Å². The van der Waals surface area contributed by atoms with E-state index in [0.29, 0.717) is 5.70 Å². The Kier molecular flexibility index (Phi) is 5.30. The first-order chi connectivity index (χ1) is 5.57. The smallest absolute Gasteiger partial charge is 0.0449 e. The highest BCUT2D eigenvalue weighted by Gasteiger charge is 1.96. The second-order valence-electron chi connectivity index (χ2n) is 2.38. The van der Waals surface area contributed by atoms with Crippen LogP contribution in [0.1, 0.15) is 13.8 Å². The lowest BCUT2D eigenvalue weighted by Crippen LogP contribution is -1.96. The van der Waals surface area contributed by atoms with E-state index in [-0.39, 0.29) is 0 Å². The lowest BCUT2D eigenvalue weighted by atomic mass is 10.4. The van der Waals surface area contributed by atoms with Crippen LogP contribution in [0.3, 0.4) is 0 Å². The average molecular weight is 181 g/mol. The molecule has 0 heterocycles. The number of thioether (sulfide) groups is 1. The van der Waals surface area contributed by atoms with Crippen LogP contribution in [0.15, 0.2) is 46.9 Å². The van der Waals surface area contributed by atoms with Gasteiger partial charge in [0.2, 0.25) is 0 Å². The summed E-state index contributed by atoms with van der Waals surface area (Å²) in [4.78, 5) is 1.84. The highest BCUT2D eigenvalue weighted by molar-refractivity contribution is 8.06. The van der Waals surface area contributed by atoms with Crippen molar-refractivity contribution in [2.75, 3.05) is 0 Å². The number of allylic oxidation sites excluding steroid dienone is 4. The van der Waals surface area contributed by atoms with Gasteiger partial charge in [0.1, 0.15) is 0 Å². The van der Waals surface area contributed by atoms with Gasteiger partial charge in [0.15, 0.2) is 0 Å². The molecule has 0 aliphatic rings. The summed E-state index contributed by atoms with van der Waals surface area (Å²) in [6.07, 6.45) is 5.64. The summed E-state index contributed by atoms with van der Waals surface area (Å²) >= 11 is 1.50. The van der Waals surface area contributed by atoms with Gasteiger partial charge < -0.3 is 5.73 Å². The molecule has 0 fully saturated rings. The quantitative estimate of drug-likeness (QED) is 0.674. The summed E-state index contributed by atoms with van der Waals surface area (Å²) in [6.45, 7) is 11.5. The molecular weight excluding hydrogens is 166 g/mol. The highest BCUT2D eigenvalue weighted by atomic mass is 32.2. The van der Waals surface area contributed by atoms with Crippen molar-refractivity contribution in [3.8, 4) is 0 Å². The maximum atomic E-state index is 5.70. The molecule has 0 saturated heterocycles. The first-order valence-corrected chi connectivity index (χ1v) is 4.50. The Balaban J connectivity index is 4.19. The van der Waals surface area contributed by atoms with E-state index in [1.165, 1.54) is 11.8 Å². The molecule has 0 aliphatic heterocycles. The van der Waals surface area contributed by atoms with Crippen LogP contribution in [0.4, 0.5) is 0 Å². The molecule has 12 heavy (non-hydrogen) atoms. The molecule has 0 aromatic heterocycles. The first kappa shape index (κ1) is 11.1. The van der Waals surface area contributed by atoms with Crippen molar-refractivity contribution >= 4 is 11.8 Å². The standard InChI is InChI=1S/C10H15NS/c1-5-6-7-10(11)9(4)12-8(2)3/h5-7H,2,4,11H2,1,3H3/b6-5-,10-7+. The Morgan fingerprint density at radius 1 is 1.42 bits per heavy atom. The summed E-state index contributed by atoms with van der Waals surface area (Å²) in [7, 11) is 0. The van der Waals surface area contributed by atoms with E-state index in [1.54, 1.807) is 0 Å². The van der Waals surface area contributed by atoms with Gasteiger partial charge in [-0.2, -0.15) is 0 Å². The SMILES string of the molecule is C=C(C)SC(=C)/C(N)=C\C=C/C. The Morgan fingerprint density at radius 3 is 2.42 bits per heavy atom. The fourth-order valence-electron chi connectivity index (χ4n) is 0.562.